The maximum absolute atomic E-state index is 11.1. The lowest BCUT2D eigenvalue weighted by Gasteiger charge is -2.16. The van der Waals surface area contributed by atoms with Crippen LogP contribution in [0.4, 0.5) is 0 Å². The molecule has 0 bridgehead atoms. The summed E-state index contributed by atoms with van der Waals surface area (Å²) in [7, 11) is 0. The Morgan fingerprint density at radius 2 is 2.14 bits per heavy atom. The van der Waals surface area contributed by atoms with Crippen LogP contribution in [0.5, 0.6) is 0 Å². The fourth-order valence-corrected chi connectivity index (χ4v) is 1.12. The van der Waals surface area contributed by atoms with Gasteiger partial charge in [-0.1, -0.05) is 5.92 Å². The van der Waals surface area contributed by atoms with Gasteiger partial charge in [0.1, 0.15) is 5.60 Å². The van der Waals surface area contributed by atoms with E-state index < -0.39 is 11.6 Å². The molecule has 4 heteroatoms. The maximum Gasteiger partial charge on any atom is 0.384 e. The molecule has 0 amide bonds. The summed E-state index contributed by atoms with van der Waals surface area (Å²) in [5.41, 5.74) is 5.10. The van der Waals surface area contributed by atoms with E-state index in [-0.39, 0.29) is 6.04 Å². The molecule has 0 aromatic rings. The van der Waals surface area contributed by atoms with E-state index in [1.54, 1.807) is 32.5 Å². The van der Waals surface area contributed by atoms with Crippen LogP contribution in [-0.2, 0) is 9.53 Å². The molecule has 2 N–H and O–H groups in total. The van der Waals surface area contributed by atoms with Gasteiger partial charge in [0.25, 0.3) is 0 Å². The quantitative estimate of drug-likeness (QED) is 0.424. The minimum absolute atomic E-state index is 0.266. The summed E-state index contributed by atoms with van der Waals surface area (Å²) in [6, 6.07) is -0.266. The largest absolute Gasteiger partial charge is 0.450 e. The molecule has 0 aromatic carbocycles. The number of nitrogens with two attached hydrogens (primary N) is 1. The summed E-state index contributed by atoms with van der Waals surface area (Å²) in [4.78, 5) is 11.1. The Morgan fingerprint density at radius 3 is 2.57 bits per heavy atom. The molecule has 80 valence electrons. The van der Waals surface area contributed by atoms with Crippen molar-refractivity contribution in [3.8, 4) is 11.8 Å². The fourth-order valence-electron chi connectivity index (χ4n) is 0.676. The number of carbonyl (C=O) groups is 1. The smallest absolute Gasteiger partial charge is 0.384 e. The predicted molar refractivity (Wildman–Crippen MR) is 60.0 cm³/mol. The Kier molecular flexibility index (Phi) is 5.66. The molecule has 0 fully saturated rings. The molecule has 0 spiro atoms. The zero-order valence-electron chi connectivity index (χ0n) is 9.09. The van der Waals surface area contributed by atoms with Gasteiger partial charge in [-0.2, -0.15) is 11.8 Å². The molecule has 0 radical (unpaired) electrons. The summed E-state index contributed by atoms with van der Waals surface area (Å²) < 4.78 is 4.99. The zero-order valence-corrected chi connectivity index (χ0v) is 9.90. The summed E-state index contributed by atoms with van der Waals surface area (Å²) >= 11 is 1.59. The highest BCUT2D eigenvalue weighted by atomic mass is 32.2. The lowest BCUT2D eigenvalue weighted by atomic mass is 10.2. The highest BCUT2D eigenvalue weighted by Crippen LogP contribution is 2.06. The summed E-state index contributed by atoms with van der Waals surface area (Å²) in [6.07, 6.45) is 1.94. The average Bonchev–Trinajstić information content (AvgIpc) is 1.98. The van der Waals surface area contributed by atoms with E-state index in [1.165, 1.54) is 0 Å². The first-order valence-electron chi connectivity index (χ1n) is 4.34. The van der Waals surface area contributed by atoms with Crippen molar-refractivity contribution >= 4 is 17.7 Å². The van der Waals surface area contributed by atoms with Gasteiger partial charge in [0, 0.05) is 11.7 Å². The van der Waals surface area contributed by atoms with Gasteiger partial charge in [0.2, 0.25) is 0 Å². The first-order valence-corrected chi connectivity index (χ1v) is 5.73. The average molecular weight is 215 g/mol. The number of hydrogen-bond donors (Lipinski definition) is 1. The first-order chi connectivity index (χ1) is 6.35. The number of thioether (sulfide) groups is 1. The van der Waals surface area contributed by atoms with Crippen LogP contribution in [0.25, 0.3) is 0 Å². The fraction of sp³-hybridized carbons (Fsp3) is 0.700. The van der Waals surface area contributed by atoms with Gasteiger partial charge in [-0.05, 0) is 27.0 Å². The number of esters is 1. The van der Waals surface area contributed by atoms with Crippen LogP contribution in [0, 0.1) is 11.8 Å². The molecule has 0 heterocycles. The van der Waals surface area contributed by atoms with Crippen LogP contribution in [-0.4, -0.2) is 29.6 Å². The number of hydrogen-bond acceptors (Lipinski definition) is 4. The zero-order chi connectivity index (χ0) is 11.2. The van der Waals surface area contributed by atoms with E-state index >= 15 is 0 Å². The number of ether oxygens (including phenoxy) is 1. The van der Waals surface area contributed by atoms with Gasteiger partial charge >= 0.3 is 5.97 Å². The number of rotatable bonds is 2. The summed E-state index contributed by atoms with van der Waals surface area (Å²) in [6.45, 7) is 5.40. The molecule has 1 unspecified atom stereocenters. The van der Waals surface area contributed by atoms with Crippen molar-refractivity contribution in [1.29, 1.82) is 0 Å². The molecular formula is C10H17NO2S. The minimum Gasteiger partial charge on any atom is -0.450 e. The molecule has 0 aliphatic rings. The van der Waals surface area contributed by atoms with E-state index in [2.05, 4.69) is 11.8 Å². The Morgan fingerprint density at radius 1 is 1.57 bits per heavy atom. The van der Waals surface area contributed by atoms with Gasteiger partial charge in [-0.25, -0.2) is 4.79 Å². The van der Waals surface area contributed by atoms with Crippen molar-refractivity contribution in [1.82, 2.24) is 0 Å². The molecule has 0 saturated carbocycles. The van der Waals surface area contributed by atoms with Gasteiger partial charge in [0.05, 0.1) is 6.04 Å². The molecule has 0 aromatic heterocycles. The monoisotopic (exact) mass is 215 g/mol. The van der Waals surface area contributed by atoms with E-state index in [9.17, 15) is 4.79 Å². The van der Waals surface area contributed by atoms with Crippen LogP contribution in [0.15, 0.2) is 0 Å². The van der Waals surface area contributed by atoms with Crippen molar-refractivity contribution in [2.75, 3.05) is 12.0 Å². The van der Waals surface area contributed by atoms with Crippen molar-refractivity contribution in [2.45, 2.75) is 32.4 Å². The Bertz CT molecular complexity index is 247. The van der Waals surface area contributed by atoms with Crippen molar-refractivity contribution in [3.05, 3.63) is 0 Å². The van der Waals surface area contributed by atoms with Crippen molar-refractivity contribution < 1.29 is 9.53 Å². The lowest BCUT2D eigenvalue weighted by Crippen LogP contribution is -2.24. The highest BCUT2D eigenvalue weighted by molar-refractivity contribution is 7.98. The van der Waals surface area contributed by atoms with Gasteiger partial charge in [0.15, 0.2) is 0 Å². The molecule has 0 rings (SSSR count). The maximum atomic E-state index is 11.1. The molecule has 0 aliphatic heterocycles. The van der Waals surface area contributed by atoms with Crippen LogP contribution < -0.4 is 5.73 Å². The topological polar surface area (TPSA) is 52.3 Å². The third kappa shape index (κ3) is 7.96. The Hall–Kier alpha value is -0.660. The van der Waals surface area contributed by atoms with Crippen molar-refractivity contribution in [2.24, 2.45) is 5.73 Å². The van der Waals surface area contributed by atoms with E-state index in [0.29, 0.717) is 0 Å². The highest BCUT2D eigenvalue weighted by Gasteiger charge is 2.14. The third-order valence-corrected chi connectivity index (χ3v) is 1.80. The van der Waals surface area contributed by atoms with Gasteiger partial charge in [-0.3, -0.25) is 0 Å². The predicted octanol–water partition coefficient (Wildman–Crippen LogP) is 1.02. The second-order valence-corrected chi connectivity index (χ2v) is 4.74. The summed E-state index contributed by atoms with van der Waals surface area (Å²) in [5.74, 6) is 5.21. The Labute approximate surface area is 89.8 Å². The number of carbonyl (C=O) groups excluding carboxylic acids is 1. The summed E-state index contributed by atoms with van der Waals surface area (Å²) in [5, 5.41) is 0. The van der Waals surface area contributed by atoms with E-state index in [4.69, 9.17) is 10.5 Å². The van der Waals surface area contributed by atoms with Crippen LogP contribution in [0.2, 0.25) is 0 Å². The van der Waals surface area contributed by atoms with Crippen LogP contribution in [0.3, 0.4) is 0 Å². The van der Waals surface area contributed by atoms with E-state index in [1.807, 2.05) is 6.26 Å². The Balaban J connectivity index is 4.04. The molecule has 14 heavy (non-hydrogen) atoms. The molecule has 3 nitrogen and oxygen atoms in total. The lowest BCUT2D eigenvalue weighted by molar-refractivity contribution is -0.147. The van der Waals surface area contributed by atoms with E-state index in [0.717, 1.165) is 5.75 Å². The van der Waals surface area contributed by atoms with Gasteiger partial charge in [-0.15, -0.1) is 0 Å². The standard InChI is InChI=1S/C10H17NO2S/c1-10(2,3)13-9(12)6-5-8(11)7-14-4/h8H,7,11H2,1-4H3. The normalized spacial score (nSPS) is 12.6. The minimum atomic E-state index is -0.519. The SMILES string of the molecule is CSCC(N)C#CC(=O)OC(C)(C)C. The second kappa shape index (κ2) is 5.94. The molecule has 1 atom stereocenters. The third-order valence-electron chi connectivity index (χ3n) is 1.10. The van der Waals surface area contributed by atoms with Crippen LogP contribution >= 0.6 is 11.8 Å². The first kappa shape index (κ1) is 13.3. The molecular weight excluding hydrogens is 198 g/mol. The molecule has 0 saturated heterocycles. The van der Waals surface area contributed by atoms with Gasteiger partial charge < -0.3 is 10.5 Å². The molecule has 0 aliphatic carbocycles. The van der Waals surface area contributed by atoms with Crippen molar-refractivity contribution in [3.63, 3.8) is 0 Å². The second-order valence-electron chi connectivity index (χ2n) is 3.83. The van der Waals surface area contributed by atoms with Crippen LogP contribution in [0.1, 0.15) is 20.8 Å².